The summed E-state index contributed by atoms with van der Waals surface area (Å²) >= 11 is 0. The summed E-state index contributed by atoms with van der Waals surface area (Å²) in [6, 6.07) is 0. The zero-order valence-corrected chi connectivity index (χ0v) is 3.26. The molecule has 35 valence electrons. The van der Waals surface area contributed by atoms with E-state index in [9.17, 15) is 4.79 Å². The van der Waals surface area contributed by atoms with Crippen LogP contribution in [0.25, 0.3) is 0 Å². The van der Waals surface area contributed by atoms with Crippen molar-refractivity contribution in [3.05, 3.63) is 5.88 Å². The lowest BCUT2D eigenvalue weighted by Gasteiger charge is -1.80. The van der Waals surface area contributed by atoms with Gasteiger partial charge in [-0.05, 0) is 0 Å². The molecule has 0 aliphatic carbocycles. The smallest absolute Gasteiger partial charge is 0.313 e. The molecule has 0 saturated heterocycles. The van der Waals surface area contributed by atoms with E-state index in [1.165, 1.54) is 5.94 Å². The van der Waals surface area contributed by atoms with Crippen LogP contribution >= 0.6 is 0 Å². The molecule has 1 rings (SSSR count). The first-order valence-electron chi connectivity index (χ1n) is 1.56. The molecule has 1 N–H and O–H groups in total. The lowest BCUT2D eigenvalue weighted by Crippen LogP contribution is -2.03. The number of nitrogens with one attached hydrogen (secondary N) is 1. The first kappa shape index (κ1) is 3.89. The first-order valence-corrected chi connectivity index (χ1v) is 1.56. The van der Waals surface area contributed by atoms with E-state index in [1.54, 1.807) is 0 Å². The summed E-state index contributed by atoms with van der Waals surface area (Å²) in [5.74, 6) is 1.40. The molecule has 0 fully saturated rings. The minimum atomic E-state index is -0.0417. The maximum Gasteiger partial charge on any atom is 0.313 e. The molecule has 4 nitrogen and oxygen atoms in total. The zero-order valence-electron chi connectivity index (χ0n) is 3.26. The molecule has 1 heterocycles. The Balaban J connectivity index is 2.68. The van der Waals surface area contributed by atoms with Gasteiger partial charge in [-0.1, -0.05) is 5.16 Å². The van der Waals surface area contributed by atoms with Crippen LogP contribution in [0, 0.1) is 0 Å². The fourth-order valence-corrected chi connectivity index (χ4v) is 0.209. The van der Waals surface area contributed by atoms with Gasteiger partial charge >= 0.3 is 5.88 Å². The number of rotatable bonds is 0. The van der Waals surface area contributed by atoms with Gasteiger partial charge in [-0.2, -0.15) is 0 Å². The first-order chi connectivity index (χ1) is 3.43. The Morgan fingerprint density at radius 2 is 2.86 bits per heavy atom. The second-order valence-corrected chi connectivity index (χ2v) is 0.851. The molecule has 0 atom stereocenters. The summed E-state index contributed by atoms with van der Waals surface area (Å²) in [6.45, 7) is 0. The van der Waals surface area contributed by atoms with Crippen molar-refractivity contribution in [2.75, 3.05) is 0 Å². The van der Waals surface area contributed by atoms with E-state index in [1.807, 2.05) is 0 Å². The Kier molecular flexibility index (Phi) is 0.805. The van der Waals surface area contributed by atoms with Gasteiger partial charge in [0, 0.05) is 0 Å². The van der Waals surface area contributed by atoms with Crippen LogP contribution in [0.15, 0.2) is 11.0 Å². The summed E-state index contributed by atoms with van der Waals surface area (Å²) < 4.78 is 0. The average molecular weight is 97.1 g/mol. The number of carbonyl (C=O) groups excluding carboxylic acids is 1. The predicted octanol–water partition coefficient (Wildman–Crippen LogP) is -0.901. The number of hydrogen-bond acceptors (Lipinski definition) is 4. The molecule has 1 aliphatic rings. The van der Waals surface area contributed by atoms with Gasteiger partial charge in [0.15, 0.2) is 5.94 Å². The van der Waals surface area contributed by atoms with Crippen molar-refractivity contribution in [1.82, 2.24) is 5.32 Å². The van der Waals surface area contributed by atoms with Crippen molar-refractivity contribution in [3.8, 4) is 0 Å². The van der Waals surface area contributed by atoms with Gasteiger partial charge < -0.3 is 4.84 Å². The van der Waals surface area contributed by atoms with Crippen LogP contribution in [-0.2, 0) is 9.63 Å². The molecule has 1 radical (unpaired) electrons. The third-order valence-corrected chi connectivity index (χ3v) is 0.445. The van der Waals surface area contributed by atoms with E-state index in [-0.39, 0.29) is 5.88 Å². The molecule has 0 aromatic carbocycles. The monoisotopic (exact) mass is 97.0 g/mol. The van der Waals surface area contributed by atoms with Crippen LogP contribution in [-0.4, -0.2) is 12.3 Å². The van der Waals surface area contributed by atoms with Crippen molar-refractivity contribution < 1.29 is 9.63 Å². The maximum absolute atomic E-state index is 9.56. The molecule has 0 bridgehead atoms. The highest BCUT2D eigenvalue weighted by Crippen LogP contribution is 1.89. The van der Waals surface area contributed by atoms with E-state index < -0.39 is 0 Å². The predicted molar refractivity (Wildman–Crippen MR) is 20.9 cm³/mol. The molecule has 0 saturated carbocycles. The van der Waals surface area contributed by atoms with Crippen LogP contribution in [0.2, 0.25) is 0 Å². The van der Waals surface area contributed by atoms with Crippen LogP contribution in [0.5, 0.6) is 0 Å². The van der Waals surface area contributed by atoms with Gasteiger partial charge in [-0.15, -0.1) is 0 Å². The molecule has 1 aliphatic heterocycles. The Hall–Kier alpha value is -1.28. The molecule has 0 unspecified atom stereocenters. The minimum absolute atomic E-state index is 0.0417. The van der Waals surface area contributed by atoms with Gasteiger partial charge in [0.25, 0.3) is 0 Å². The molecule has 7 heavy (non-hydrogen) atoms. The lowest BCUT2D eigenvalue weighted by atomic mass is 10.9. The third-order valence-electron chi connectivity index (χ3n) is 0.445. The van der Waals surface area contributed by atoms with Gasteiger partial charge in [0.05, 0.1) is 0 Å². The van der Waals surface area contributed by atoms with Gasteiger partial charge in [-0.25, -0.2) is 4.79 Å². The van der Waals surface area contributed by atoms with Gasteiger partial charge in [0.1, 0.15) is 0 Å². The standard InChI is InChI=1S/C3HN2O2/c6-1-3-4-2-5-7-3/h(H,4,5). The Labute approximate surface area is 39.4 Å². The molecule has 0 aromatic heterocycles. The van der Waals surface area contributed by atoms with E-state index in [0.29, 0.717) is 0 Å². The highest BCUT2D eigenvalue weighted by molar-refractivity contribution is 5.64. The second kappa shape index (κ2) is 1.45. The Morgan fingerprint density at radius 1 is 2.00 bits per heavy atom. The van der Waals surface area contributed by atoms with Crippen molar-refractivity contribution >= 4 is 12.3 Å². The van der Waals surface area contributed by atoms with Crippen LogP contribution in [0.3, 0.4) is 0 Å². The minimum Gasteiger partial charge on any atom is -0.324 e. The number of hydrogen-bond donors (Lipinski definition) is 1. The zero-order chi connectivity index (χ0) is 5.11. The summed E-state index contributed by atoms with van der Waals surface area (Å²) in [4.78, 5) is 13.8. The average Bonchev–Trinajstić information content (AvgIpc) is 2.14. The van der Waals surface area contributed by atoms with Gasteiger partial charge in [-0.3, -0.25) is 5.32 Å². The van der Waals surface area contributed by atoms with E-state index in [4.69, 9.17) is 0 Å². The van der Waals surface area contributed by atoms with Crippen molar-refractivity contribution in [2.45, 2.75) is 0 Å². The van der Waals surface area contributed by atoms with Gasteiger partial charge in [0.2, 0.25) is 6.34 Å². The fourth-order valence-electron chi connectivity index (χ4n) is 0.209. The van der Waals surface area contributed by atoms with Crippen LogP contribution in [0.4, 0.5) is 0 Å². The quantitative estimate of drug-likeness (QED) is 0.398. The normalized spacial score (nSPS) is 15.1. The second-order valence-electron chi connectivity index (χ2n) is 0.851. The molecular weight excluding hydrogens is 96.0 g/mol. The van der Waals surface area contributed by atoms with E-state index in [2.05, 4.69) is 21.6 Å². The molecule has 0 amide bonds. The highest BCUT2D eigenvalue weighted by atomic mass is 16.7. The largest absolute Gasteiger partial charge is 0.324 e. The van der Waals surface area contributed by atoms with E-state index in [0.717, 1.165) is 0 Å². The molecule has 0 spiro atoms. The van der Waals surface area contributed by atoms with Crippen molar-refractivity contribution in [1.29, 1.82) is 0 Å². The molecular formula is C3HN2O2. The van der Waals surface area contributed by atoms with Crippen molar-refractivity contribution in [2.24, 2.45) is 5.16 Å². The highest BCUT2D eigenvalue weighted by Gasteiger charge is 2.00. The summed E-state index contributed by atoms with van der Waals surface area (Å²) in [6.07, 6.45) is 2.18. The molecule has 4 heteroatoms. The van der Waals surface area contributed by atoms with Crippen molar-refractivity contribution in [3.63, 3.8) is 0 Å². The number of nitrogens with zero attached hydrogens (tertiary/aromatic N) is 1. The molecule has 0 aromatic rings. The summed E-state index contributed by atoms with van der Waals surface area (Å²) in [5, 5.41) is 5.34. The topological polar surface area (TPSA) is 50.7 Å². The Morgan fingerprint density at radius 3 is 3.14 bits per heavy atom. The maximum atomic E-state index is 9.56. The Bertz CT molecular complexity index is 135. The van der Waals surface area contributed by atoms with Crippen LogP contribution < -0.4 is 5.32 Å². The summed E-state index contributed by atoms with van der Waals surface area (Å²) in [7, 11) is 0. The summed E-state index contributed by atoms with van der Waals surface area (Å²) in [5.41, 5.74) is 0. The lowest BCUT2D eigenvalue weighted by molar-refractivity contribution is 0.242. The van der Waals surface area contributed by atoms with E-state index >= 15 is 0 Å². The third kappa shape index (κ3) is 0.586. The SMILES string of the molecule is O=C=C1N[C]=NO1. The fraction of sp³-hybridized carbons (Fsp3) is 0. The van der Waals surface area contributed by atoms with Crippen LogP contribution in [0.1, 0.15) is 0 Å².